The van der Waals surface area contributed by atoms with Gasteiger partial charge in [0.2, 0.25) is 0 Å². The van der Waals surface area contributed by atoms with Crippen molar-refractivity contribution in [2.75, 3.05) is 4.72 Å². The Labute approximate surface area is 149 Å². The van der Waals surface area contributed by atoms with Gasteiger partial charge in [-0.2, -0.15) is 0 Å². The van der Waals surface area contributed by atoms with E-state index >= 15 is 0 Å². The fourth-order valence-electron chi connectivity index (χ4n) is 2.07. The van der Waals surface area contributed by atoms with Crippen molar-refractivity contribution in [1.29, 1.82) is 0 Å². The second-order valence-corrected chi connectivity index (χ2v) is 8.89. The number of carboxylic acid groups (broad SMARTS) is 1. The molecule has 0 aromatic heterocycles. The molecular formula is C17H18BrNO4S. The van der Waals surface area contributed by atoms with E-state index in [1.54, 1.807) is 12.1 Å². The zero-order chi connectivity index (χ0) is 18.1. The van der Waals surface area contributed by atoms with Gasteiger partial charge < -0.3 is 5.11 Å². The van der Waals surface area contributed by atoms with Crippen LogP contribution in [0, 0.1) is 0 Å². The van der Waals surface area contributed by atoms with Crippen LogP contribution in [-0.4, -0.2) is 19.5 Å². The van der Waals surface area contributed by atoms with Crippen molar-refractivity contribution in [3.8, 4) is 0 Å². The number of carboxylic acids is 1. The molecule has 0 saturated heterocycles. The number of hydrogen-bond acceptors (Lipinski definition) is 3. The zero-order valence-corrected chi connectivity index (χ0v) is 15.9. The van der Waals surface area contributed by atoms with E-state index in [0.29, 0.717) is 10.2 Å². The van der Waals surface area contributed by atoms with Gasteiger partial charge in [-0.1, -0.05) is 26.8 Å². The second kappa shape index (κ2) is 6.57. The number of carbonyl (C=O) groups is 1. The lowest BCUT2D eigenvalue weighted by Crippen LogP contribution is -2.16. The molecule has 2 aromatic carbocycles. The standard InChI is InChI=1S/C17H18BrNO4S/c1-17(2,3)12-6-9-14(18)15(10-12)24(22,23)19-13-7-4-11(5-8-13)16(20)21/h4-10,19H,1-3H3,(H,20,21). The molecule has 5 nitrogen and oxygen atoms in total. The lowest BCUT2D eigenvalue weighted by atomic mass is 9.87. The smallest absolute Gasteiger partial charge is 0.335 e. The summed E-state index contributed by atoms with van der Waals surface area (Å²) in [4.78, 5) is 11.0. The molecule has 2 rings (SSSR count). The highest BCUT2D eigenvalue weighted by Gasteiger charge is 2.22. The molecule has 128 valence electrons. The Morgan fingerprint density at radius 2 is 1.67 bits per heavy atom. The third-order valence-electron chi connectivity index (χ3n) is 3.47. The molecule has 0 aliphatic heterocycles. The molecule has 7 heteroatoms. The van der Waals surface area contributed by atoms with E-state index in [2.05, 4.69) is 20.7 Å². The van der Waals surface area contributed by atoms with Gasteiger partial charge in [0, 0.05) is 10.2 Å². The average Bonchev–Trinajstić information content (AvgIpc) is 2.46. The van der Waals surface area contributed by atoms with Gasteiger partial charge in [0.15, 0.2) is 0 Å². The van der Waals surface area contributed by atoms with Crippen molar-refractivity contribution in [3.63, 3.8) is 0 Å². The number of rotatable bonds is 4. The molecule has 2 aromatic rings. The Hall–Kier alpha value is -1.86. The zero-order valence-electron chi connectivity index (χ0n) is 13.5. The largest absolute Gasteiger partial charge is 0.478 e. The predicted molar refractivity (Wildman–Crippen MR) is 97.1 cm³/mol. The molecule has 0 aliphatic carbocycles. The van der Waals surface area contributed by atoms with Crippen molar-refractivity contribution in [3.05, 3.63) is 58.1 Å². The molecule has 0 heterocycles. The normalized spacial score (nSPS) is 12.0. The molecule has 0 spiro atoms. The Bertz CT molecular complexity index is 868. The lowest BCUT2D eigenvalue weighted by molar-refractivity contribution is 0.0697. The van der Waals surface area contributed by atoms with Gasteiger partial charge in [0.25, 0.3) is 10.0 Å². The molecule has 0 fully saturated rings. The molecule has 0 amide bonds. The van der Waals surface area contributed by atoms with Crippen molar-refractivity contribution >= 4 is 37.6 Å². The highest BCUT2D eigenvalue weighted by molar-refractivity contribution is 9.10. The summed E-state index contributed by atoms with van der Waals surface area (Å²) in [7, 11) is -3.80. The Balaban J connectivity index is 2.38. The van der Waals surface area contributed by atoms with Gasteiger partial charge in [-0.05, 0) is 63.3 Å². The molecule has 0 aliphatic rings. The van der Waals surface area contributed by atoms with Gasteiger partial charge in [-0.3, -0.25) is 4.72 Å². The lowest BCUT2D eigenvalue weighted by Gasteiger charge is -2.20. The second-order valence-electron chi connectivity index (χ2n) is 6.38. The van der Waals surface area contributed by atoms with E-state index in [4.69, 9.17) is 5.11 Å². The van der Waals surface area contributed by atoms with E-state index in [0.717, 1.165) is 5.56 Å². The highest BCUT2D eigenvalue weighted by atomic mass is 79.9. The molecule has 0 atom stereocenters. The maximum Gasteiger partial charge on any atom is 0.335 e. The SMILES string of the molecule is CC(C)(C)c1ccc(Br)c(S(=O)(=O)Nc2ccc(C(=O)O)cc2)c1. The van der Waals surface area contributed by atoms with E-state index in [-0.39, 0.29) is 15.9 Å². The van der Waals surface area contributed by atoms with E-state index < -0.39 is 16.0 Å². The molecule has 2 N–H and O–H groups in total. The van der Waals surface area contributed by atoms with Gasteiger partial charge >= 0.3 is 5.97 Å². The van der Waals surface area contributed by atoms with Gasteiger partial charge in [-0.25, -0.2) is 13.2 Å². The number of benzene rings is 2. The summed E-state index contributed by atoms with van der Waals surface area (Å²) in [5.41, 5.74) is 1.10. The van der Waals surface area contributed by atoms with Crippen LogP contribution in [0.5, 0.6) is 0 Å². The summed E-state index contributed by atoms with van der Waals surface area (Å²) in [6.45, 7) is 6.01. The predicted octanol–water partition coefficient (Wildman–Crippen LogP) is 4.25. The number of halogens is 1. The fraction of sp³-hybridized carbons (Fsp3) is 0.235. The average molecular weight is 412 g/mol. The molecule has 0 unspecified atom stereocenters. The van der Waals surface area contributed by atoms with Crippen LogP contribution in [0.1, 0.15) is 36.7 Å². The third kappa shape index (κ3) is 4.15. The van der Waals surface area contributed by atoms with Crippen molar-refractivity contribution in [2.24, 2.45) is 0 Å². The number of sulfonamides is 1. The number of hydrogen-bond donors (Lipinski definition) is 2. The summed E-state index contributed by atoms with van der Waals surface area (Å²) in [5.74, 6) is -1.06. The first kappa shape index (κ1) is 18.5. The minimum Gasteiger partial charge on any atom is -0.478 e. The first-order chi connectivity index (χ1) is 11.0. The molecule has 0 saturated carbocycles. The van der Waals surface area contributed by atoms with E-state index in [1.165, 1.54) is 24.3 Å². The summed E-state index contributed by atoms with van der Waals surface area (Å²) >= 11 is 3.28. The van der Waals surface area contributed by atoms with Crippen molar-refractivity contribution in [1.82, 2.24) is 0 Å². The van der Waals surface area contributed by atoms with Gasteiger partial charge in [0.05, 0.1) is 5.56 Å². The number of nitrogens with one attached hydrogen (secondary N) is 1. The van der Waals surface area contributed by atoms with Crippen LogP contribution in [0.25, 0.3) is 0 Å². The quantitative estimate of drug-likeness (QED) is 0.787. The minimum absolute atomic E-state index is 0.0915. The van der Waals surface area contributed by atoms with Crippen LogP contribution in [0.4, 0.5) is 5.69 Å². The minimum atomic E-state index is -3.80. The molecule has 24 heavy (non-hydrogen) atoms. The van der Waals surface area contributed by atoms with Crippen LogP contribution >= 0.6 is 15.9 Å². The van der Waals surface area contributed by atoms with Crippen LogP contribution in [0.15, 0.2) is 51.8 Å². The summed E-state index contributed by atoms with van der Waals surface area (Å²) < 4.78 is 28.3. The molecule has 0 bridgehead atoms. The van der Waals surface area contributed by atoms with E-state index in [1.807, 2.05) is 26.8 Å². The summed E-state index contributed by atoms with van der Waals surface area (Å²) in [6, 6.07) is 10.8. The van der Waals surface area contributed by atoms with E-state index in [9.17, 15) is 13.2 Å². The first-order valence-electron chi connectivity index (χ1n) is 7.17. The fourth-order valence-corrected chi connectivity index (χ4v) is 4.12. The van der Waals surface area contributed by atoms with Crippen molar-refractivity contribution in [2.45, 2.75) is 31.1 Å². The molecule has 0 radical (unpaired) electrons. The maximum atomic E-state index is 12.7. The highest BCUT2D eigenvalue weighted by Crippen LogP contribution is 2.30. The van der Waals surface area contributed by atoms with Crippen LogP contribution in [0.3, 0.4) is 0 Å². The van der Waals surface area contributed by atoms with Crippen LogP contribution in [-0.2, 0) is 15.4 Å². The maximum absolute atomic E-state index is 12.7. The van der Waals surface area contributed by atoms with Crippen LogP contribution < -0.4 is 4.72 Å². The first-order valence-corrected chi connectivity index (χ1v) is 9.44. The van der Waals surface area contributed by atoms with Crippen molar-refractivity contribution < 1.29 is 18.3 Å². The van der Waals surface area contributed by atoms with Crippen LogP contribution in [0.2, 0.25) is 0 Å². The van der Waals surface area contributed by atoms with Gasteiger partial charge in [-0.15, -0.1) is 0 Å². The Morgan fingerprint density at radius 3 is 2.17 bits per heavy atom. The Kier molecular flexibility index (Phi) is 5.05. The number of aromatic carboxylic acids is 1. The molecular weight excluding hydrogens is 394 g/mol. The van der Waals surface area contributed by atoms with Gasteiger partial charge in [0.1, 0.15) is 4.90 Å². The monoisotopic (exact) mass is 411 g/mol. The number of anilines is 1. The Morgan fingerprint density at radius 1 is 1.08 bits per heavy atom. The summed E-state index contributed by atoms with van der Waals surface area (Å²) in [5, 5.41) is 8.88. The summed E-state index contributed by atoms with van der Waals surface area (Å²) in [6.07, 6.45) is 0. The third-order valence-corrected chi connectivity index (χ3v) is 5.85. The topological polar surface area (TPSA) is 83.5 Å².